The molecular weight excluding hydrogens is 1630 g/mol. The molecule has 9 aromatic carbocycles. The van der Waals surface area contributed by atoms with Crippen LogP contribution in [0.15, 0.2) is 221 Å². The van der Waals surface area contributed by atoms with Crippen LogP contribution in [0.25, 0.3) is 59.4 Å². The molecule has 1 amide bonds. The Balaban J connectivity index is -0.00000138. The third-order valence-electron chi connectivity index (χ3n) is 19.9. The summed E-state index contributed by atoms with van der Waals surface area (Å²) in [5.74, 6) is -0.181. The Morgan fingerprint density at radius 2 is 0.823 bits per heavy atom. The van der Waals surface area contributed by atoms with E-state index in [1.54, 1.807) is 49.2 Å². The molecule has 0 saturated carbocycles. The van der Waals surface area contributed by atoms with Crippen LogP contribution in [0.3, 0.4) is 0 Å². The maximum absolute atomic E-state index is 13.2. The van der Waals surface area contributed by atoms with Crippen LogP contribution in [0.2, 0.25) is 0 Å². The molecule has 1 aliphatic rings. The van der Waals surface area contributed by atoms with E-state index in [4.69, 9.17) is 36.6 Å². The van der Waals surface area contributed by atoms with Crippen molar-refractivity contribution >= 4 is 71.9 Å². The smallest absolute Gasteiger partial charge is 0.272 e. The number of carbonyl (C=O) groups is 1. The average molecular weight is 1790 g/mol. The van der Waals surface area contributed by atoms with E-state index in [1.807, 2.05) is 121 Å². The van der Waals surface area contributed by atoms with E-state index < -0.39 is 17.5 Å². The molecule has 0 aliphatic carbocycles. The molecule has 1 aliphatic heterocycles. The SMILES string of the molecule is C.C.C.C.C.C.C.C.C.CC(C)(C)c1ccc(C(N)=O)cc1.CC(C)(C)c1ccc(F)c(F)c1.CC(C)(C)c1ccc2c(c1)OCO2.CC(C)(C)c1ccc2cn[nH]c(=O)c2c1.CC(C)(C)c1ccc2cncnc2c1.CC(C)(C)c1ccc2nnccc2c1.CC(C)(C)c1ccc2onc(N)c2c1.CC(C)(C)c1ccc2oncc2c1.[C-]#[N+]c1ccc(C(C)(C)C)cc1F. The zero-order chi connectivity index (χ0) is 90.2. The zero-order valence-electron chi connectivity index (χ0n) is 75.7. The standard InChI is InChI=1S/C12H14N2O.2C12H14N2.C11H12FN.C11H14N2O.C11H13NO.C11H15NO.C11H14O2.C10H12F2.9CH4/c1-12(2,3)9-5-4-8-7-13-14-11(15)10(8)6-9;1-12(2,3)10-5-4-9-7-13-8-14-11(9)6-10;1-12(2,3)10-4-5-11-9(8-10)6-7-13-14-11;1-11(2,3)8-5-6-10(13-4)9(12)7-8;1-11(2,3)7-4-5-9-8(6-7)10(12)13-14-9;1-11(2,3)9-4-5-10-8(6-9)7-12-13-10;1-11(2,3)9-6-4-8(5-7-9)10(12)13;1-11(2,3)8-4-5-9-10(6-8)13-7-12-9;1-10(2,3)7-4-5-8(11)9(12)6-7;;;;;;;;;/h4-7H,1-3H3,(H,14,15);2*4-8H,1-3H3;5-7H,1-3H3;4-6H,1-3H3,(H2,12,13);4-7H,1-3H3;4-7H,1-3H3,(H2,12,13);4-6H,7H2,1-3H3;4-6H,1-3H3;9*1H4. The van der Waals surface area contributed by atoms with Gasteiger partial charge in [0.25, 0.3) is 5.56 Å². The van der Waals surface area contributed by atoms with Gasteiger partial charge >= 0.3 is 0 Å². The predicted octanol–water partition coefficient (Wildman–Crippen LogP) is 31.4. The maximum Gasteiger partial charge on any atom is 0.272 e. The van der Waals surface area contributed by atoms with Crippen molar-refractivity contribution in [3.63, 3.8) is 0 Å². The fourth-order valence-electron chi connectivity index (χ4n) is 11.7. The first-order valence-corrected chi connectivity index (χ1v) is 40.4. The first kappa shape index (κ1) is 122. The van der Waals surface area contributed by atoms with Gasteiger partial charge in [0.15, 0.2) is 40.1 Å². The van der Waals surface area contributed by atoms with Crippen molar-refractivity contribution in [1.29, 1.82) is 0 Å². The van der Waals surface area contributed by atoms with E-state index in [9.17, 15) is 22.8 Å². The molecule has 0 radical (unpaired) electrons. The van der Waals surface area contributed by atoms with Gasteiger partial charge in [0.05, 0.1) is 47.0 Å². The number of nitrogen functional groups attached to an aromatic ring is 1. The second-order valence-corrected chi connectivity index (χ2v) is 39.1. The van der Waals surface area contributed by atoms with Crippen molar-refractivity contribution in [2.45, 2.75) is 303 Å². The fraction of sp³-hybridized carbons (Fsp3) is 0.418. The lowest BCUT2D eigenvalue weighted by Crippen LogP contribution is -2.13. The Labute approximate surface area is 778 Å². The number of carbonyl (C=O) groups excluding carboxylic acids is 1. The van der Waals surface area contributed by atoms with Crippen LogP contribution in [0.5, 0.6) is 11.5 Å². The van der Waals surface area contributed by atoms with E-state index in [0.29, 0.717) is 23.6 Å². The lowest BCUT2D eigenvalue weighted by atomic mass is 9.86. The fourth-order valence-corrected chi connectivity index (χ4v) is 11.7. The summed E-state index contributed by atoms with van der Waals surface area (Å²) in [6.07, 6.45) is 8.59. The molecule has 0 unspecified atom stereocenters. The first-order chi connectivity index (χ1) is 56.0. The summed E-state index contributed by atoms with van der Waals surface area (Å²) < 4.78 is 59.0. The first-order valence-electron chi connectivity index (χ1n) is 40.4. The number of hydrogen-bond acceptors (Lipinski definition) is 14. The lowest BCUT2D eigenvalue weighted by molar-refractivity contribution is 0.1000. The zero-order valence-corrected chi connectivity index (χ0v) is 75.7. The molecule has 15 rings (SSSR count). The van der Waals surface area contributed by atoms with Gasteiger partial charge in [0.1, 0.15) is 12.1 Å². The van der Waals surface area contributed by atoms with Crippen molar-refractivity contribution in [3.8, 4) is 11.5 Å². The molecule has 5 N–H and O–H groups in total. The number of ether oxygens (including phenoxy) is 2. The number of primary amides is 1. The Hall–Kier alpha value is -12.1. The molecule has 0 bridgehead atoms. The van der Waals surface area contributed by atoms with Crippen LogP contribution >= 0.6 is 0 Å². The van der Waals surface area contributed by atoms with Gasteiger partial charge in [0, 0.05) is 33.3 Å². The van der Waals surface area contributed by atoms with Gasteiger partial charge in [-0.15, -0.1) is 0 Å². The predicted molar refractivity (Wildman–Crippen MR) is 549 cm³/mol. The highest BCUT2D eigenvalue weighted by atomic mass is 19.2. The lowest BCUT2D eigenvalue weighted by Gasteiger charge is -2.19. The van der Waals surface area contributed by atoms with Gasteiger partial charge < -0.3 is 30.0 Å². The normalized spacial score (nSPS) is 11.3. The summed E-state index contributed by atoms with van der Waals surface area (Å²) in [7, 11) is 0. The molecule has 17 nitrogen and oxygen atoms in total. The summed E-state index contributed by atoms with van der Waals surface area (Å²) in [6.45, 7) is 64.6. The molecule has 0 fully saturated rings. The molecule has 0 atom stereocenters. The highest BCUT2D eigenvalue weighted by molar-refractivity contribution is 5.93. The van der Waals surface area contributed by atoms with E-state index in [-0.39, 0.29) is 133 Å². The largest absolute Gasteiger partial charge is 0.454 e. The maximum atomic E-state index is 13.2. The topological polar surface area (TPSA) is 241 Å². The van der Waals surface area contributed by atoms with Crippen molar-refractivity contribution in [3.05, 3.63) is 302 Å². The average Bonchev–Trinajstić information content (AvgIpc) is 1.59. The van der Waals surface area contributed by atoms with Crippen LogP contribution in [-0.4, -0.2) is 53.4 Å². The van der Waals surface area contributed by atoms with E-state index in [0.717, 1.165) is 83.4 Å². The second kappa shape index (κ2) is 50.2. The van der Waals surface area contributed by atoms with Crippen LogP contribution < -0.4 is 26.5 Å². The number of amides is 1. The minimum atomic E-state index is -0.789. The van der Waals surface area contributed by atoms with Crippen LogP contribution in [0, 0.1) is 24.0 Å². The number of aromatic amines is 1. The van der Waals surface area contributed by atoms with Crippen molar-refractivity contribution < 1.29 is 36.5 Å². The third-order valence-corrected chi connectivity index (χ3v) is 19.9. The number of rotatable bonds is 1. The molecule has 20 heteroatoms. The number of halogens is 3. The minimum Gasteiger partial charge on any atom is -0.454 e. The molecule has 0 spiro atoms. The van der Waals surface area contributed by atoms with Crippen LogP contribution in [0.1, 0.15) is 314 Å². The summed E-state index contributed by atoms with van der Waals surface area (Å²) >= 11 is 0. The quantitative estimate of drug-likeness (QED) is 0.130. The van der Waals surface area contributed by atoms with E-state index in [1.165, 1.54) is 51.6 Å². The molecule has 5 aromatic heterocycles. The summed E-state index contributed by atoms with van der Waals surface area (Å²) in [5, 5.41) is 27.4. The summed E-state index contributed by atoms with van der Waals surface area (Å²) in [6, 6.07) is 55.2. The van der Waals surface area contributed by atoms with Gasteiger partial charge in [-0.1, -0.05) is 343 Å². The van der Waals surface area contributed by atoms with Crippen molar-refractivity contribution in [1.82, 2.24) is 40.7 Å². The van der Waals surface area contributed by atoms with Crippen LogP contribution in [-0.2, 0) is 48.7 Å². The van der Waals surface area contributed by atoms with Crippen molar-refractivity contribution in [2.75, 3.05) is 12.5 Å². The van der Waals surface area contributed by atoms with Crippen LogP contribution in [0.4, 0.5) is 24.7 Å². The molecule has 6 heterocycles. The Bertz CT molecular complexity index is 5810. The number of nitrogens with two attached hydrogens (primary N) is 2. The Kier molecular flexibility index (Phi) is 47.1. The number of hydrogen-bond donors (Lipinski definition) is 3. The Morgan fingerprint density at radius 3 is 1.33 bits per heavy atom. The number of nitrogens with zero attached hydrogens (tertiary/aromatic N) is 8. The highest BCUT2D eigenvalue weighted by Crippen LogP contribution is 2.38. The number of aromatic nitrogens is 8. The molecule has 14 aromatic rings. The third kappa shape index (κ3) is 35.7. The minimum absolute atomic E-state index is 0. The number of fused-ring (bicyclic) bond motifs is 6. The number of H-pyrrole nitrogens is 1. The molecule has 130 heavy (non-hydrogen) atoms. The van der Waals surface area contributed by atoms with E-state index in [2.05, 4.69) is 246 Å². The monoisotopic (exact) mass is 1790 g/mol. The van der Waals surface area contributed by atoms with E-state index >= 15 is 0 Å². The number of benzene rings is 9. The summed E-state index contributed by atoms with van der Waals surface area (Å²) in [4.78, 5) is 33.6. The highest BCUT2D eigenvalue weighted by Gasteiger charge is 2.24. The Morgan fingerprint density at radius 1 is 0.400 bits per heavy atom. The van der Waals surface area contributed by atoms with Gasteiger partial charge in [-0.05, 0) is 196 Å². The summed E-state index contributed by atoms with van der Waals surface area (Å²) in [5.41, 5.74) is 26.3. The van der Waals surface area contributed by atoms with Gasteiger partial charge in [-0.25, -0.2) is 33.1 Å². The van der Waals surface area contributed by atoms with Crippen molar-refractivity contribution in [2.24, 2.45) is 5.73 Å². The number of nitrogens with one attached hydrogen (secondary N) is 1. The second-order valence-electron chi connectivity index (χ2n) is 39.1. The van der Waals surface area contributed by atoms with Gasteiger partial charge in [0.2, 0.25) is 18.4 Å². The van der Waals surface area contributed by atoms with Gasteiger partial charge in [-0.2, -0.15) is 15.3 Å². The molecule has 710 valence electrons. The molecule has 0 saturated heterocycles. The molecular formula is C110H158F3N11O6. The van der Waals surface area contributed by atoms with Gasteiger partial charge in [-0.3, -0.25) is 9.59 Å². The number of anilines is 1.